The highest BCUT2D eigenvalue weighted by molar-refractivity contribution is 8.14. The van der Waals surface area contributed by atoms with E-state index in [0.717, 1.165) is 0 Å². The molecule has 0 aromatic rings. The summed E-state index contributed by atoms with van der Waals surface area (Å²) in [4.78, 5) is 0. The van der Waals surface area contributed by atoms with Crippen LogP contribution in [0, 0.1) is 0 Å². The Kier molecular flexibility index (Phi) is 5.70. The van der Waals surface area contributed by atoms with Crippen LogP contribution in [0.5, 0.6) is 0 Å². The quantitative estimate of drug-likeness (QED) is 0.436. The predicted molar refractivity (Wildman–Crippen MR) is 63.9 cm³/mol. The molecule has 3 nitrogen and oxygen atoms in total. The molecule has 0 aromatic heterocycles. The maximum atomic E-state index is 9.61. The smallest absolute Gasteiger partial charge is 0.0950 e. The molecule has 0 fully saturated rings. The fourth-order valence-corrected chi connectivity index (χ4v) is 1.58. The van der Waals surface area contributed by atoms with Gasteiger partial charge in [-0.1, -0.05) is 0 Å². The summed E-state index contributed by atoms with van der Waals surface area (Å²) in [7, 11) is 0. The number of rotatable bonds is 5. The van der Waals surface area contributed by atoms with Crippen molar-refractivity contribution in [3.63, 3.8) is 0 Å². The lowest BCUT2D eigenvalue weighted by atomic mass is 10.0. The van der Waals surface area contributed by atoms with Gasteiger partial charge in [-0.3, -0.25) is 4.72 Å². The van der Waals surface area contributed by atoms with Crippen molar-refractivity contribution in [2.24, 2.45) is 0 Å². The van der Waals surface area contributed by atoms with E-state index in [1.807, 2.05) is 0 Å². The van der Waals surface area contributed by atoms with Crippen molar-refractivity contribution in [3.05, 3.63) is 0 Å². The molecule has 0 bridgehead atoms. The Morgan fingerprint density at radius 1 is 1.38 bits per heavy atom. The van der Waals surface area contributed by atoms with Crippen LogP contribution in [-0.4, -0.2) is 46.2 Å². The van der Waals surface area contributed by atoms with E-state index in [2.05, 4.69) is 29.9 Å². The predicted octanol–water partition coefficient (Wildman–Crippen LogP) is 0.182. The minimum absolute atomic E-state index is 0.240. The van der Waals surface area contributed by atoms with Crippen molar-refractivity contribution < 1.29 is 10.2 Å². The van der Waals surface area contributed by atoms with Crippen molar-refractivity contribution in [1.82, 2.24) is 4.72 Å². The zero-order chi connectivity index (χ0) is 10.6. The number of thiol groups is 2. The molecule has 0 amide bonds. The normalized spacial score (nSPS) is 18.2. The molecule has 0 radical (unpaired) electrons. The van der Waals surface area contributed by atoms with E-state index < -0.39 is 17.0 Å². The molecule has 0 spiro atoms. The number of aliphatic hydroxyl groups excluding tert-OH is 2. The van der Waals surface area contributed by atoms with Crippen LogP contribution in [0.2, 0.25) is 0 Å². The third-order valence-electron chi connectivity index (χ3n) is 1.70. The molecule has 0 aromatic carbocycles. The van der Waals surface area contributed by atoms with Crippen molar-refractivity contribution in [2.75, 3.05) is 19.1 Å². The lowest BCUT2D eigenvalue weighted by molar-refractivity contribution is 0.00658. The second-order valence-corrected chi connectivity index (χ2v) is 7.18. The van der Waals surface area contributed by atoms with Gasteiger partial charge in [0.1, 0.15) is 0 Å². The van der Waals surface area contributed by atoms with Gasteiger partial charge < -0.3 is 10.2 Å². The maximum absolute atomic E-state index is 9.61. The molecule has 2 atom stereocenters. The Hall–Kier alpha value is 0.580. The Balaban J connectivity index is 3.90. The Morgan fingerprint density at radius 3 is 2.15 bits per heavy atom. The zero-order valence-corrected chi connectivity index (χ0v) is 10.4. The highest BCUT2D eigenvalue weighted by Gasteiger charge is 2.29. The monoisotopic (exact) mass is 227 g/mol. The molecule has 0 unspecified atom stereocenters. The summed E-state index contributed by atoms with van der Waals surface area (Å²) in [6, 6.07) is 0. The summed E-state index contributed by atoms with van der Waals surface area (Å²) < 4.78 is 2.55. The van der Waals surface area contributed by atoms with E-state index >= 15 is 0 Å². The molecule has 0 aliphatic carbocycles. The van der Waals surface area contributed by atoms with Crippen molar-refractivity contribution >= 4 is 23.7 Å². The van der Waals surface area contributed by atoms with Crippen molar-refractivity contribution in [1.29, 1.82) is 0 Å². The highest BCUT2D eigenvalue weighted by Crippen LogP contribution is 2.20. The first-order chi connectivity index (χ1) is 5.75. The van der Waals surface area contributed by atoms with Crippen LogP contribution in [0.1, 0.15) is 13.8 Å². The van der Waals surface area contributed by atoms with Crippen molar-refractivity contribution in [2.45, 2.75) is 30.8 Å². The van der Waals surface area contributed by atoms with Crippen LogP contribution in [-0.2, 0) is 0 Å². The van der Waals surface area contributed by atoms with Gasteiger partial charge in [0.05, 0.1) is 12.2 Å². The summed E-state index contributed by atoms with van der Waals surface area (Å²) in [6.45, 7) is 3.99. The molecule has 3 N–H and O–H groups in total. The fraction of sp³-hybridized carbons (Fsp3) is 1.00. The highest BCUT2D eigenvalue weighted by atomic mass is 32.2. The van der Waals surface area contributed by atoms with E-state index in [0.29, 0.717) is 6.54 Å². The van der Waals surface area contributed by atoms with E-state index in [9.17, 15) is 10.2 Å². The van der Waals surface area contributed by atoms with Crippen LogP contribution >= 0.6 is 23.7 Å². The molecular formula is C8H21NO2S2. The third kappa shape index (κ3) is 5.80. The molecular weight excluding hydrogens is 206 g/mol. The van der Waals surface area contributed by atoms with Crippen LogP contribution in [0.15, 0.2) is 0 Å². The summed E-state index contributed by atoms with van der Waals surface area (Å²) in [6.07, 6.45) is 2.55. The molecule has 5 heteroatoms. The van der Waals surface area contributed by atoms with Gasteiger partial charge in [0.2, 0.25) is 0 Å². The third-order valence-corrected chi connectivity index (χ3v) is 2.78. The molecule has 0 saturated carbocycles. The number of aliphatic hydroxyl groups is 2. The van der Waals surface area contributed by atoms with Gasteiger partial charge in [-0.15, -0.1) is 0 Å². The van der Waals surface area contributed by atoms with Crippen LogP contribution in [0.25, 0.3) is 0 Å². The fourth-order valence-electron chi connectivity index (χ4n) is 0.859. The number of hydrogen-bond acceptors (Lipinski definition) is 4. The van der Waals surface area contributed by atoms with Gasteiger partial charge in [0.15, 0.2) is 0 Å². The summed E-state index contributed by atoms with van der Waals surface area (Å²) in [5.41, 5.74) is 0. The Bertz CT molecular complexity index is 148. The molecule has 0 aliphatic rings. The van der Waals surface area contributed by atoms with Crippen molar-refractivity contribution in [3.8, 4) is 0 Å². The molecule has 0 aliphatic heterocycles. The van der Waals surface area contributed by atoms with Crippen LogP contribution in [0.3, 0.4) is 0 Å². The second kappa shape index (κ2) is 5.46. The molecule has 0 saturated heterocycles. The first-order valence-electron chi connectivity index (χ1n) is 4.24. The molecule has 0 heterocycles. The van der Waals surface area contributed by atoms with Gasteiger partial charge in [-0.2, -0.15) is 12.6 Å². The van der Waals surface area contributed by atoms with E-state index in [1.165, 1.54) is 0 Å². The summed E-state index contributed by atoms with van der Waals surface area (Å²) in [5, 5.41) is 19.2. The minimum atomic E-state index is -0.807. The zero-order valence-electron chi connectivity index (χ0n) is 8.65. The average Bonchev–Trinajstić information content (AvgIpc) is 1.96. The van der Waals surface area contributed by atoms with Gasteiger partial charge >= 0.3 is 0 Å². The van der Waals surface area contributed by atoms with Gasteiger partial charge in [0.25, 0.3) is 0 Å². The first-order valence-corrected chi connectivity index (χ1v) is 6.93. The Morgan fingerprint density at radius 2 is 1.85 bits per heavy atom. The summed E-state index contributed by atoms with van der Waals surface area (Å²) in [5.74, 6) is 0. The standard InChI is InChI=1S/C8H21NO2S2/c1-8(2,12)7(11)6(10)5-9-13(3)4/h6-7,9-13H,5H2,1-4H3/t6-,7+/m0/s1. The maximum Gasteiger partial charge on any atom is 0.0950 e. The molecule has 13 heavy (non-hydrogen) atoms. The van der Waals surface area contributed by atoms with E-state index in [4.69, 9.17) is 0 Å². The van der Waals surface area contributed by atoms with Gasteiger partial charge in [0, 0.05) is 11.3 Å². The van der Waals surface area contributed by atoms with E-state index in [1.54, 1.807) is 13.8 Å². The molecule has 82 valence electrons. The van der Waals surface area contributed by atoms with Crippen LogP contribution < -0.4 is 4.72 Å². The number of hydrogen-bond donors (Lipinski definition) is 5. The van der Waals surface area contributed by atoms with Crippen LogP contribution in [0.4, 0.5) is 0 Å². The largest absolute Gasteiger partial charge is 0.389 e. The first kappa shape index (κ1) is 13.6. The Labute approximate surface area is 88.8 Å². The van der Waals surface area contributed by atoms with Gasteiger partial charge in [-0.05, 0) is 26.4 Å². The molecule has 0 rings (SSSR count). The SMILES string of the molecule is C[SH](C)NC[C@H](O)[C@@H](O)C(C)(C)S. The second-order valence-electron chi connectivity index (χ2n) is 3.92. The average molecular weight is 227 g/mol. The lowest BCUT2D eigenvalue weighted by Crippen LogP contribution is -2.45. The minimum Gasteiger partial charge on any atom is -0.389 e. The lowest BCUT2D eigenvalue weighted by Gasteiger charge is -2.29. The van der Waals surface area contributed by atoms with Gasteiger partial charge in [-0.25, -0.2) is 11.1 Å². The summed E-state index contributed by atoms with van der Waals surface area (Å²) >= 11 is 3.96. The van der Waals surface area contributed by atoms with E-state index in [-0.39, 0.29) is 11.1 Å². The number of nitrogens with one attached hydrogen (secondary N) is 1. The topological polar surface area (TPSA) is 52.5 Å².